The number of rotatable bonds is 1. The van der Waals surface area contributed by atoms with Crippen LogP contribution in [0.2, 0.25) is 0 Å². The summed E-state index contributed by atoms with van der Waals surface area (Å²) in [6.45, 7) is 0. The quantitative estimate of drug-likeness (QED) is 0.535. The molecule has 0 amide bonds. The van der Waals surface area contributed by atoms with Crippen molar-refractivity contribution in [3.8, 4) is 0 Å². The van der Waals surface area contributed by atoms with Gasteiger partial charge in [-0.25, -0.2) is 8.42 Å². The van der Waals surface area contributed by atoms with E-state index in [0.29, 0.717) is 0 Å². The van der Waals surface area contributed by atoms with Crippen LogP contribution in [0.4, 0.5) is 0 Å². The fraction of sp³-hybridized carbons (Fsp3) is 0.333. The van der Waals surface area contributed by atoms with Gasteiger partial charge in [0, 0.05) is 6.26 Å². The van der Waals surface area contributed by atoms with E-state index in [1.165, 1.54) is 0 Å². The Hall–Kier alpha value is -0.910. The van der Waals surface area contributed by atoms with Gasteiger partial charge >= 0.3 is 5.22 Å². The Morgan fingerprint density at radius 3 is 2.56 bits per heavy atom. The Kier molecular flexibility index (Phi) is 1.24. The highest BCUT2D eigenvalue weighted by atomic mass is 32.2. The summed E-state index contributed by atoms with van der Waals surface area (Å²) >= 11 is 0. The van der Waals surface area contributed by atoms with E-state index in [0.717, 1.165) is 12.6 Å². The van der Waals surface area contributed by atoms with Gasteiger partial charge in [0.05, 0.1) is 0 Å². The second kappa shape index (κ2) is 1.80. The van der Waals surface area contributed by atoms with Crippen molar-refractivity contribution in [1.29, 1.82) is 0 Å². The van der Waals surface area contributed by atoms with Gasteiger partial charge in [-0.3, -0.25) is 0 Å². The van der Waals surface area contributed by atoms with Crippen LogP contribution in [0, 0.1) is 0 Å². The molecule has 9 heavy (non-hydrogen) atoms. The SMILES string of the molecule is CS(=O)(=O)c1nnco1. The standard InChI is InChI=1S/C3H4N2O3S/c1-9(6,7)3-5-4-2-8-3/h2H,1H3. The highest BCUT2D eigenvalue weighted by Gasteiger charge is 2.11. The lowest BCUT2D eigenvalue weighted by Gasteiger charge is -1.82. The van der Waals surface area contributed by atoms with Crippen LogP contribution in [-0.2, 0) is 9.84 Å². The molecule has 0 aliphatic carbocycles. The van der Waals surface area contributed by atoms with E-state index < -0.39 is 9.84 Å². The first-order chi connectivity index (χ1) is 4.11. The minimum absolute atomic E-state index is 0.345. The average Bonchev–Trinajstić information content (AvgIpc) is 2.08. The van der Waals surface area contributed by atoms with Gasteiger partial charge in [-0.2, -0.15) is 0 Å². The molecule has 0 saturated heterocycles. The van der Waals surface area contributed by atoms with Gasteiger partial charge < -0.3 is 4.42 Å². The first kappa shape index (κ1) is 6.21. The van der Waals surface area contributed by atoms with E-state index in [2.05, 4.69) is 14.6 Å². The molecule has 1 heterocycles. The molecule has 0 aliphatic rings. The lowest BCUT2D eigenvalue weighted by Crippen LogP contribution is -1.96. The third-order valence-corrected chi connectivity index (χ3v) is 1.47. The second-order valence-electron chi connectivity index (χ2n) is 1.48. The minimum Gasteiger partial charge on any atom is -0.415 e. The lowest BCUT2D eigenvalue weighted by molar-refractivity contribution is 0.431. The molecule has 1 rings (SSSR count). The highest BCUT2D eigenvalue weighted by molar-refractivity contribution is 7.90. The fourth-order valence-electron chi connectivity index (χ4n) is 0.324. The Bertz CT molecular complexity index is 274. The molecule has 0 spiro atoms. The number of aromatic nitrogens is 2. The molecule has 0 saturated carbocycles. The average molecular weight is 148 g/mol. The van der Waals surface area contributed by atoms with Crippen molar-refractivity contribution in [2.45, 2.75) is 5.22 Å². The molecule has 0 N–H and O–H groups in total. The molecule has 0 radical (unpaired) electrons. The lowest BCUT2D eigenvalue weighted by atomic mass is 11.5. The first-order valence-corrected chi connectivity index (χ1v) is 3.96. The molecule has 50 valence electrons. The van der Waals surface area contributed by atoms with Gasteiger partial charge in [-0.1, -0.05) is 5.10 Å². The molecule has 1 aromatic heterocycles. The molecule has 0 aliphatic heterocycles. The monoisotopic (exact) mass is 148 g/mol. The molecule has 0 atom stereocenters. The van der Waals surface area contributed by atoms with E-state index in [1.54, 1.807) is 0 Å². The number of hydrogen-bond donors (Lipinski definition) is 0. The number of nitrogens with zero attached hydrogens (tertiary/aromatic N) is 2. The van der Waals surface area contributed by atoms with Crippen LogP contribution in [0.3, 0.4) is 0 Å². The van der Waals surface area contributed by atoms with Crippen molar-refractivity contribution in [2.75, 3.05) is 6.26 Å². The van der Waals surface area contributed by atoms with Crippen molar-refractivity contribution in [2.24, 2.45) is 0 Å². The van der Waals surface area contributed by atoms with Crippen molar-refractivity contribution >= 4 is 9.84 Å². The third-order valence-electron chi connectivity index (χ3n) is 0.657. The summed E-state index contributed by atoms with van der Waals surface area (Å²) in [4.78, 5) is 0. The Labute approximate surface area is 51.6 Å². The Balaban J connectivity index is 3.20. The van der Waals surface area contributed by atoms with Crippen LogP contribution < -0.4 is 0 Å². The van der Waals surface area contributed by atoms with E-state index >= 15 is 0 Å². The smallest absolute Gasteiger partial charge is 0.334 e. The summed E-state index contributed by atoms with van der Waals surface area (Å²) in [5.41, 5.74) is 0. The summed E-state index contributed by atoms with van der Waals surface area (Å²) in [6, 6.07) is 0. The molecular formula is C3H4N2O3S. The molecule has 1 aromatic rings. The first-order valence-electron chi connectivity index (χ1n) is 2.07. The van der Waals surface area contributed by atoms with Crippen LogP contribution >= 0.6 is 0 Å². The van der Waals surface area contributed by atoms with Crippen molar-refractivity contribution < 1.29 is 12.8 Å². The Morgan fingerprint density at radius 2 is 2.33 bits per heavy atom. The van der Waals surface area contributed by atoms with E-state index in [4.69, 9.17) is 0 Å². The molecule has 0 fully saturated rings. The van der Waals surface area contributed by atoms with Gasteiger partial charge in [0.15, 0.2) is 0 Å². The summed E-state index contributed by atoms with van der Waals surface area (Å²) in [5, 5.41) is 6.03. The van der Waals surface area contributed by atoms with Gasteiger partial charge in [-0.05, 0) is 0 Å². The largest absolute Gasteiger partial charge is 0.415 e. The maximum absolute atomic E-state index is 10.5. The van der Waals surface area contributed by atoms with Crippen LogP contribution in [0.15, 0.2) is 16.0 Å². The van der Waals surface area contributed by atoms with E-state index in [-0.39, 0.29) is 5.22 Å². The molecule has 0 aromatic carbocycles. The zero-order valence-corrected chi connectivity index (χ0v) is 5.42. The van der Waals surface area contributed by atoms with Crippen molar-refractivity contribution in [3.05, 3.63) is 6.39 Å². The second-order valence-corrected chi connectivity index (χ2v) is 3.37. The predicted molar refractivity (Wildman–Crippen MR) is 27.4 cm³/mol. The van der Waals surface area contributed by atoms with E-state index in [9.17, 15) is 8.42 Å². The van der Waals surface area contributed by atoms with Crippen molar-refractivity contribution in [1.82, 2.24) is 10.2 Å². The third kappa shape index (κ3) is 1.26. The maximum Gasteiger partial charge on any atom is 0.334 e. The summed E-state index contributed by atoms with van der Waals surface area (Å²) in [7, 11) is -3.30. The number of sulfone groups is 1. The molecular weight excluding hydrogens is 144 g/mol. The van der Waals surface area contributed by atoms with Crippen LogP contribution in [-0.4, -0.2) is 24.9 Å². The predicted octanol–water partition coefficient (Wildman–Crippen LogP) is -0.527. The zero-order chi connectivity index (χ0) is 6.91. The minimum atomic E-state index is -3.30. The molecule has 5 nitrogen and oxygen atoms in total. The fourth-order valence-corrected chi connectivity index (χ4v) is 0.738. The topological polar surface area (TPSA) is 73.1 Å². The van der Waals surface area contributed by atoms with Crippen molar-refractivity contribution in [3.63, 3.8) is 0 Å². The molecule has 0 bridgehead atoms. The summed E-state index contributed by atoms with van der Waals surface area (Å²) in [6.07, 6.45) is 1.97. The number of hydrogen-bond acceptors (Lipinski definition) is 5. The summed E-state index contributed by atoms with van der Waals surface area (Å²) in [5.74, 6) is 0. The highest BCUT2D eigenvalue weighted by Crippen LogP contribution is 1.99. The normalized spacial score (nSPS) is 11.7. The van der Waals surface area contributed by atoms with Crippen LogP contribution in [0.5, 0.6) is 0 Å². The van der Waals surface area contributed by atoms with Crippen LogP contribution in [0.25, 0.3) is 0 Å². The molecule has 0 unspecified atom stereocenters. The van der Waals surface area contributed by atoms with Gasteiger partial charge in [0.25, 0.3) is 0 Å². The maximum atomic E-state index is 10.5. The van der Waals surface area contributed by atoms with Gasteiger partial charge in [0.1, 0.15) is 0 Å². The Morgan fingerprint density at radius 1 is 1.67 bits per heavy atom. The zero-order valence-electron chi connectivity index (χ0n) is 4.60. The van der Waals surface area contributed by atoms with Crippen LogP contribution in [0.1, 0.15) is 0 Å². The van der Waals surface area contributed by atoms with Gasteiger partial charge in [-0.15, -0.1) is 5.10 Å². The summed E-state index contributed by atoms with van der Waals surface area (Å²) < 4.78 is 25.4. The van der Waals surface area contributed by atoms with Gasteiger partial charge in [0.2, 0.25) is 16.2 Å². The molecule has 6 heteroatoms. The van der Waals surface area contributed by atoms with E-state index in [1.807, 2.05) is 0 Å².